The third-order valence-electron chi connectivity index (χ3n) is 3.86. The minimum atomic E-state index is -0.451. The van der Waals surface area contributed by atoms with E-state index in [0.29, 0.717) is 37.6 Å². The van der Waals surface area contributed by atoms with Gasteiger partial charge in [0, 0.05) is 35.0 Å². The highest BCUT2D eigenvalue weighted by Crippen LogP contribution is 2.31. The smallest absolute Gasteiger partial charge is 0.269 e. The van der Waals surface area contributed by atoms with E-state index in [9.17, 15) is 15.4 Å². The number of hydrogen-bond acceptors (Lipinski definition) is 6. The summed E-state index contributed by atoms with van der Waals surface area (Å²) in [6.07, 6.45) is 1.53. The third-order valence-corrected chi connectivity index (χ3v) is 5.48. The van der Waals surface area contributed by atoms with Gasteiger partial charge in [-0.1, -0.05) is 29.3 Å². The summed E-state index contributed by atoms with van der Waals surface area (Å²) in [6, 6.07) is 11.8. The molecule has 0 unspecified atom stereocenters. The Morgan fingerprint density at radius 1 is 1.29 bits per heavy atom. The maximum Gasteiger partial charge on any atom is 0.269 e. The Bertz CT molecular complexity index is 1140. The molecular formula is C19H12Cl2N4O2S. The van der Waals surface area contributed by atoms with Crippen LogP contribution in [0.25, 0.3) is 16.8 Å². The van der Waals surface area contributed by atoms with Crippen molar-refractivity contribution in [1.29, 1.82) is 5.26 Å². The Labute approximate surface area is 174 Å². The Kier molecular flexibility index (Phi) is 5.95. The molecule has 1 aromatic heterocycles. The molecule has 0 saturated heterocycles. The summed E-state index contributed by atoms with van der Waals surface area (Å²) in [6.45, 7) is 1.75. The summed E-state index contributed by atoms with van der Waals surface area (Å²) in [4.78, 5) is 14.9. The highest BCUT2D eigenvalue weighted by Gasteiger charge is 2.11. The maximum atomic E-state index is 10.8. The number of aromatic nitrogens is 1. The van der Waals surface area contributed by atoms with Crippen molar-refractivity contribution in [2.45, 2.75) is 6.92 Å². The van der Waals surface area contributed by atoms with Gasteiger partial charge in [0.05, 0.1) is 20.7 Å². The summed E-state index contributed by atoms with van der Waals surface area (Å²) in [5, 5.41) is 26.6. The molecule has 0 atom stereocenters. The van der Waals surface area contributed by atoms with Crippen molar-refractivity contribution in [3.63, 3.8) is 0 Å². The molecule has 0 amide bonds. The van der Waals surface area contributed by atoms with Crippen LogP contribution >= 0.6 is 34.5 Å². The summed E-state index contributed by atoms with van der Waals surface area (Å²) >= 11 is 13.3. The molecule has 140 valence electrons. The predicted molar refractivity (Wildman–Crippen MR) is 113 cm³/mol. The zero-order chi connectivity index (χ0) is 20.3. The second kappa shape index (κ2) is 8.40. The lowest BCUT2D eigenvalue weighted by molar-refractivity contribution is -0.384. The van der Waals surface area contributed by atoms with Crippen molar-refractivity contribution >= 4 is 51.5 Å². The number of nitro groups is 1. The van der Waals surface area contributed by atoms with Crippen molar-refractivity contribution in [2.24, 2.45) is 0 Å². The van der Waals surface area contributed by atoms with Crippen molar-refractivity contribution in [3.8, 4) is 17.3 Å². The van der Waals surface area contributed by atoms with Gasteiger partial charge in [-0.15, -0.1) is 11.3 Å². The van der Waals surface area contributed by atoms with Crippen LogP contribution in [0.15, 0.2) is 48.0 Å². The van der Waals surface area contributed by atoms with Gasteiger partial charge in [0.25, 0.3) is 5.69 Å². The molecule has 0 fully saturated rings. The fourth-order valence-corrected chi connectivity index (χ4v) is 3.49. The Hall–Kier alpha value is -2.92. The largest absolute Gasteiger partial charge is 0.360 e. The molecular weight excluding hydrogens is 419 g/mol. The van der Waals surface area contributed by atoms with E-state index in [1.165, 1.54) is 29.7 Å². The van der Waals surface area contributed by atoms with E-state index in [1.54, 1.807) is 31.2 Å². The quantitative estimate of drug-likeness (QED) is 0.290. The third kappa shape index (κ3) is 4.31. The molecule has 0 spiro atoms. The number of non-ortho nitro benzene ring substituents is 1. The molecule has 28 heavy (non-hydrogen) atoms. The summed E-state index contributed by atoms with van der Waals surface area (Å²) in [5.41, 5.74) is 3.20. The predicted octanol–water partition coefficient (Wildman–Crippen LogP) is 6.31. The van der Waals surface area contributed by atoms with Crippen molar-refractivity contribution in [1.82, 2.24) is 4.98 Å². The van der Waals surface area contributed by atoms with Gasteiger partial charge in [0.1, 0.15) is 16.6 Å². The van der Waals surface area contributed by atoms with Crippen LogP contribution in [0.4, 0.5) is 11.4 Å². The number of benzene rings is 2. The molecule has 0 radical (unpaired) electrons. The van der Waals surface area contributed by atoms with Gasteiger partial charge < -0.3 is 5.32 Å². The first-order valence-corrected chi connectivity index (χ1v) is 9.56. The van der Waals surface area contributed by atoms with Crippen LogP contribution in [0.2, 0.25) is 10.0 Å². The Morgan fingerprint density at radius 2 is 2.07 bits per heavy atom. The molecule has 6 nitrogen and oxygen atoms in total. The van der Waals surface area contributed by atoms with E-state index >= 15 is 0 Å². The molecule has 0 aliphatic carbocycles. The normalized spacial score (nSPS) is 11.1. The number of hydrogen-bond donors (Lipinski definition) is 1. The summed E-state index contributed by atoms with van der Waals surface area (Å²) in [7, 11) is 0. The van der Waals surface area contributed by atoms with Gasteiger partial charge in [-0.05, 0) is 30.7 Å². The van der Waals surface area contributed by atoms with Crippen molar-refractivity contribution in [3.05, 3.63) is 78.7 Å². The fraction of sp³-hybridized carbons (Fsp3) is 0.0526. The number of anilines is 1. The molecule has 1 N–H and O–H groups in total. The van der Waals surface area contributed by atoms with Gasteiger partial charge >= 0.3 is 0 Å². The first kappa shape index (κ1) is 19.8. The number of nitrogens with zero attached hydrogens (tertiary/aromatic N) is 3. The Balaban J connectivity index is 1.84. The molecule has 0 aliphatic heterocycles. The number of allylic oxidation sites excluding steroid dienone is 1. The fourth-order valence-electron chi connectivity index (χ4n) is 2.40. The number of halogens is 2. The van der Waals surface area contributed by atoms with E-state index in [4.69, 9.17) is 23.2 Å². The van der Waals surface area contributed by atoms with Crippen LogP contribution in [0.1, 0.15) is 10.6 Å². The van der Waals surface area contributed by atoms with E-state index in [1.807, 2.05) is 5.38 Å². The van der Waals surface area contributed by atoms with Gasteiger partial charge in [0.15, 0.2) is 0 Å². The number of nitrogens with one attached hydrogen (secondary N) is 1. The number of thiazole rings is 1. The Morgan fingerprint density at radius 3 is 2.71 bits per heavy atom. The molecule has 3 rings (SSSR count). The molecule has 0 aliphatic rings. The molecule has 0 bridgehead atoms. The van der Waals surface area contributed by atoms with E-state index < -0.39 is 4.92 Å². The maximum absolute atomic E-state index is 10.8. The molecule has 2 aromatic carbocycles. The van der Waals surface area contributed by atoms with Crippen molar-refractivity contribution in [2.75, 3.05) is 5.32 Å². The average Bonchev–Trinajstić information content (AvgIpc) is 3.15. The number of nitro benzene ring substituents is 1. The number of nitriles is 1. The van der Waals surface area contributed by atoms with Crippen LogP contribution in [-0.2, 0) is 0 Å². The minimum Gasteiger partial charge on any atom is -0.360 e. The summed E-state index contributed by atoms with van der Waals surface area (Å²) in [5.74, 6) is 0. The highest BCUT2D eigenvalue weighted by molar-refractivity contribution is 7.11. The van der Waals surface area contributed by atoms with Crippen LogP contribution < -0.4 is 5.32 Å². The monoisotopic (exact) mass is 430 g/mol. The van der Waals surface area contributed by atoms with E-state index in [2.05, 4.69) is 16.4 Å². The lowest BCUT2D eigenvalue weighted by atomic mass is 10.1. The molecule has 1 heterocycles. The highest BCUT2D eigenvalue weighted by atomic mass is 35.5. The van der Waals surface area contributed by atoms with Crippen LogP contribution in [0, 0.1) is 28.4 Å². The molecule has 3 aromatic rings. The van der Waals surface area contributed by atoms with Gasteiger partial charge in [0.2, 0.25) is 0 Å². The SMILES string of the molecule is Cc1cc([N+](=O)[O-])ccc1NC=C(C#N)c1nc(-c2ccc(Cl)c(Cl)c2)cs1. The zero-order valence-corrected chi connectivity index (χ0v) is 16.8. The van der Waals surface area contributed by atoms with Gasteiger partial charge in [-0.25, -0.2) is 4.98 Å². The second-order valence-electron chi connectivity index (χ2n) is 5.74. The topological polar surface area (TPSA) is 91.9 Å². The second-order valence-corrected chi connectivity index (χ2v) is 7.41. The first-order valence-electron chi connectivity index (χ1n) is 7.92. The lowest BCUT2D eigenvalue weighted by Crippen LogP contribution is -1.95. The van der Waals surface area contributed by atoms with Crippen molar-refractivity contribution < 1.29 is 4.92 Å². The summed E-state index contributed by atoms with van der Waals surface area (Å²) < 4.78 is 0. The first-order chi connectivity index (χ1) is 13.4. The van der Waals surface area contributed by atoms with E-state index in [-0.39, 0.29) is 5.69 Å². The lowest BCUT2D eigenvalue weighted by Gasteiger charge is -2.05. The number of aryl methyl sites for hydroxylation is 1. The van der Waals surface area contributed by atoms with Crippen LogP contribution in [0.5, 0.6) is 0 Å². The van der Waals surface area contributed by atoms with Crippen LogP contribution in [-0.4, -0.2) is 9.91 Å². The van der Waals surface area contributed by atoms with Crippen LogP contribution in [0.3, 0.4) is 0 Å². The average molecular weight is 431 g/mol. The molecule has 9 heteroatoms. The number of rotatable bonds is 5. The minimum absolute atomic E-state index is 0.0127. The van der Waals surface area contributed by atoms with Gasteiger partial charge in [-0.3, -0.25) is 10.1 Å². The standard InChI is InChI=1S/C19H12Cl2N4O2S/c1-11-6-14(25(26)27)3-5-17(11)23-9-13(8-22)19-24-18(10-28-19)12-2-4-15(20)16(21)7-12/h2-7,9-10,23H,1H3. The zero-order valence-electron chi connectivity index (χ0n) is 14.4. The van der Waals surface area contributed by atoms with Gasteiger partial charge in [-0.2, -0.15) is 5.26 Å². The van der Waals surface area contributed by atoms with E-state index in [0.717, 1.165) is 5.56 Å². The molecule has 0 saturated carbocycles.